The second kappa shape index (κ2) is 6.13. The molecule has 0 unspecified atom stereocenters. The van der Waals surface area contributed by atoms with E-state index in [2.05, 4.69) is 27.5 Å². The third kappa shape index (κ3) is 2.97. The zero-order chi connectivity index (χ0) is 20.3. The Morgan fingerprint density at radius 3 is 2.61 bits per heavy atom. The molecule has 4 atom stereocenters. The summed E-state index contributed by atoms with van der Waals surface area (Å²) in [5, 5.41) is 5.68. The predicted molar refractivity (Wildman–Crippen MR) is 101 cm³/mol. The van der Waals surface area contributed by atoms with Gasteiger partial charge in [0, 0.05) is 6.20 Å². The van der Waals surface area contributed by atoms with Gasteiger partial charge in [0.2, 0.25) is 0 Å². The number of primary amides is 1. The zero-order valence-electron chi connectivity index (χ0n) is 15.3. The number of amides is 3. The summed E-state index contributed by atoms with van der Waals surface area (Å²) >= 11 is 5.78. The van der Waals surface area contributed by atoms with Gasteiger partial charge in [0.1, 0.15) is 23.0 Å². The highest BCUT2D eigenvalue weighted by Gasteiger charge is 2.80. The lowest BCUT2D eigenvalue weighted by Gasteiger charge is -2.34. The van der Waals surface area contributed by atoms with Crippen molar-refractivity contribution in [2.45, 2.75) is 25.8 Å². The van der Waals surface area contributed by atoms with Crippen molar-refractivity contribution in [1.29, 1.82) is 0 Å². The van der Waals surface area contributed by atoms with Crippen LogP contribution in [0.25, 0.3) is 0 Å². The quantitative estimate of drug-likeness (QED) is 0.712. The molecule has 146 valence electrons. The first-order valence-corrected chi connectivity index (χ1v) is 9.20. The second-order valence-electron chi connectivity index (χ2n) is 7.83. The number of carbonyl (C=O) groups excluding carboxylic acids is 2. The Hall–Kier alpha value is -2.74. The lowest BCUT2D eigenvalue weighted by atomic mass is 9.82. The van der Waals surface area contributed by atoms with Crippen LogP contribution in [0.15, 0.2) is 30.5 Å². The largest absolute Gasteiger partial charge is 0.352 e. The van der Waals surface area contributed by atoms with E-state index in [1.165, 1.54) is 24.4 Å². The first-order chi connectivity index (χ1) is 13.1. The molecular formula is C19H19ClFN5O2. The van der Waals surface area contributed by atoms with Gasteiger partial charge in [-0.2, -0.15) is 0 Å². The number of carbonyl (C=O) groups is 2. The Labute approximate surface area is 165 Å². The van der Waals surface area contributed by atoms with Crippen LogP contribution in [-0.2, 0) is 5.54 Å². The van der Waals surface area contributed by atoms with Gasteiger partial charge in [-0.15, -0.1) is 0 Å². The molecule has 0 aromatic carbocycles. The van der Waals surface area contributed by atoms with Crippen molar-refractivity contribution >= 4 is 29.4 Å². The molecule has 2 heterocycles. The fraction of sp³-hybridized carbons (Fsp3) is 0.368. The summed E-state index contributed by atoms with van der Waals surface area (Å²) in [5.74, 6) is -0.489. The van der Waals surface area contributed by atoms with Gasteiger partial charge in [-0.25, -0.2) is 19.2 Å². The molecule has 2 aliphatic carbocycles. The van der Waals surface area contributed by atoms with Gasteiger partial charge in [-0.05, 0) is 54.9 Å². The monoisotopic (exact) mass is 403 g/mol. The smallest absolute Gasteiger partial charge is 0.312 e. The molecule has 0 radical (unpaired) electrons. The molecule has 0 saturated heterocycles. The highest BCUT2D eigenvalue weighted by atomic mass is 35.5. The van der Waals surface area contributed by atoms with Gasteiger partial charge in [-0.1, -0.05) is 18.5 Å². The Morgan fingerprint density at radius 1 is 1.36 bits per heavy atom. The Balaban J connectivity index is 1.63. The number of halogens is 2. The highest BCUT2D eigenvalue weighted by Crippen LogP contribution is 2.83. The summed E-state index contributed by atoms with van der Waals surface area (Å²) in [6, 6.07) is 4.83. The number of nitrogens with two attached hydrogens (primary N) is 1. The van der Waals surface area contributed by atoms with E-state index < -0.39 is 23.3 Å². The molecule has 4 N–H and O–H groups in total. The van der Waals surface area contributed by atoms with Crippen molar-refractivity contribution in [3.8, 4) is 0 Å². The maximum absolute atomic E-state index is 14.7. The van der Waals surface area contributed by atoms with E-state index in [-0.39, 0.29) is 28.5 Å². The minimum Gasteiger partial charge on any atom is -0.352 e. The first-order valence-electron chi connectivity index (χ1n) is 8.83. The molecule has 2 saturated carbocycles. The zero-order valence-corrected chi connectivity index (χ0v) is 16.0. The van der Waals surface area contributed by atoms with E-state index in [4.69, 9.17) is 17.3 Å². The van der Waals surface area contributed by atoms with Crippen LogP contribution in [0.2, 0.25) is 5.02 Å². The van der Waals surface area contributed by atoms with Crippen LogP contribution < -0.4 is 16.4 Å². The SMILES string of the molecule is C[C@@]12C[C@@H]1[C@@H]2[C@@](C)(NC(N)=O)c1nc(NC(=O)c2ccc(Cl)cn2)ccc1F. The number of pyridine rings is 2. The van der Waals surface area contributed by atoms with Crippen molar-refractivity contribution < 1.29 is 14.0 Å². The van der Waals surface area contributed by atoms with Crippen molar-refractivity contribution in [2.24, 2.45) is 23.0 Å². The molecule has 2 aromatic rings. The van der Waals surface area contributed by atoms with Crippen LogP contribution in [0.4, 0.5) is 15.0 Å². The van der Waals surface area contributed by atoms with Gasteiger partial charge in [-0.3, -0.25) is 4.79 Å². The van der Waals surface area contributed by atoms with Crippen LogP contribution in [-0.4, -0.2) is 21.9 Å². The molecule has 0 aliphatic heterocycles. The molecule has 2 fully saturated rings. The number of hydrogen-bond donors (Lipinski definition) is 3. The maximum atomic E-state index is 14.7. The molecule has 7 nitrogen and oxygen atoms in total. The molecule has 0 spiro atoms. The van der Waals surface area contributed by atoms with E-state index >= 15 is 0 Å². The number of fused-ring (bicyclic) bond motifs is 1. The van der Waals surface area contributed by atoms with Crippen LogP contribution >= 0.6 is 11.6 Å². The fourth-order valence-electron chi connectivity index (χ4n) is 4.33. The predicted octanol–water partition coefficient (Wildman–Crippen LogP) is 3.06. The number of hydrogen-bond acceptors (Lipinski definition) is 4. The van der Waals surface area contributed by atoms with Gasteiger partial charge in [0.15, 0.2) is 0 Å². The van der Waals surface area contributed by atoms with Crippen molar-refractivity contribution in [2.75, 3.05) is 5.32 Å². The molecule has 0 bridgehead atoms. The molecule has 2 aliphatic rings. The molecule has 2 aromatic heterocycles. The minimum atomic E-state index is -1.06. The molecule has 4 rings (SSSR count). The lowest BCUT2D eigenvalue weighted by molar-refractivity contribution is 0.102. The lowest BCUT2D eigenvalue weighted by Crippen LogP contribution is -2.51. The van der Waals surface area contributed by atoms with Gasteiger partial charge >= 0.3 is 6.03 Å². The minimum absolute atomic E-state index is 0.0402. The summed E-state index contributed by atoms with van der Waals surface area (Å²) < 4.78 is 14.7. The first kappa shape index (κ1) is 18.6. The fourth-order valence-corrected chi connectivity index (χ4v) is 4.44. The third-order valence-corrected chi connectivity index (χ3v) is 6.12. The van der Waals surface area contributed by atoms with Gasteiger partial charge < -0.3 is 16.4 Å². The number of rotatable bonds is 5. The van der Waals surface area contributed by atoms with E-state index in [0.717, 1.165) is 6.42 Å². The van der Waals surface area contributed by atoms with Crippen LogP contribution in [0, 0.1) is 23.1 Å². The van der Waals surface area contributed by atoms with Crippen LogP contribution in [0.1, 0.15) is 36.5 Å². The summed E-state index contributed by atoms with van der Waals surface area (Å²) in [6.45, 7) is 3.82. The summed E-state index contributed by atoms with van der Waals surface area (Å²) in [6.07, 6.45) is 2.39. The number of aromatic nitrogens is 2. The van der Waals surface area contributed by atoms with E-state index in [1.54, 1.807) is 13.0 Å². The Morgan fingerprint density at radius 2 is 2.07 bits per heavy atom. The Kier molecular flexibility index (Phi) is 4.08. The van der Waals surface area contributed by atoms with E-state index in [1.807, 2.05) is 0 Å². The van der Waals surface area contributed by atoms with Crippen LogP contribution in [0.5, 0.6) is 0 Å². The summed E-state index contributed by atoms with van der Waals surface area (Å²) in [5.41, 5.74) is 4.55. The van der Waals surface area contributed by atoms with Gasteiger partial charge in [0.25, 0.3) is 5.91 Å². The van der Waals surface area contributed by atoms with Crippen LogP contribution in [0.3, 0.4) is 0 Å². The summed E-state index contributed by atoms with van der Waals surface area (Å²) in [7, 11) is 0. The van der Waals surface area contributed by atoms with E-state index in [9.17, 15) is 14.0 Å². The topological polar surface area (TPSA) is 110 Å². The summed E-state index contributed by atoms with van der Waals surface area (Å²) in [4.78, 5) is 32.2. The average molecular weight is 404 g/mol. The highest BCUT2D eigenvalue weighted by molar-refractivity contribution is 6.30. The van der Waals surface area contributed by atoms with Crippen molar-refractivity contribution in [3.63, 3.8) is 0 Å². The number of nitrogens with one attached hydrogen (secondary N) is 2. The Bertz CT molecular complexity index is 985. The van der Waals surface area contributed by atoms with Crippen molar-refractivity contribution in [1.82, 2.24) is 15.3 Å². The van der Waals surface area contributed by atoms with Gasteiger partial charge in [0.05, 0.1) is 10.6 Å². The molecule has 28 heavy (non-hydrogen) atoms. The second-order valence-corrected chi connectivity index (χ2v) is 8.26. The third-order valence-electron chi connectivity index (χ3n) is 5.89. The number of nitrogens with zero attached hydrogens (tertiary/aromatic N) is 2. The van der Waals surface area contributed by atoms with Crippen molar-refractivity contribution in [3.05, 3.63) is 52.7 Å². The molecule has 9 heteroatoms. The maximum Gasteiger partial charge on any atom is 0.312 e. The number of anilines is 1. The molecule has 3 amide bonds. The van der Waals surface area contributed by atoms with E-state index in [0.29, 0.717) is 10.9 Å². The average Bonchev–Trinajstić information content (AvgIpc) is 3.44. The normalized spacial score (nSPS) is 26.6. The standard InChI is InChI=1S/C19H19ClFN5O2/c1-18-7-10(18)14(18)19(2,26-17(22)28)15-11(21)4-6-13(24-15)25-16(27)12-5-3-9(20)8-23-12/h3-6,8,10,14H,7H2,1-2H3,(H3,22,26,28)(H,24,25,27)/t10-,14+,18-,19-/m1/s1. The molecular weight excluding hydrogens is 385 g/mol. The number of urea groups is 1.